The Bertz CT molecular complexity index is 1080. The SMILES string of the molecule is CC1(C)Cc2cccc(OCC(=O)NCCS(=O)(=O)N3CCc4ccccc4C3)c2O1. The normalized spacial score (nSPS) is 17.4. The fourth-order valence-electron chi connectivity index (χ4n) is 4.05. The van der Waals surface area contributed by atoms with Gasteiger partial charge < -0.3 is 14.8 Å². The summed E-state index contributed by atoms with van der Waals surface area (Å²) in [7, 11) is -3.45. The number of carbonyl (C=O) groups excluding carboxylic acids is 1. The molecule has 0 atom stereocenters. The van der Waals surface area contributed by atoms with Gasteiger partial charge >= 0.3 is 0 Å². The van der Waals surface area contributed by atoms with E-state index in [2.05, 4.69) is 5.32 Å². The van der Waals surface area contributed by atoms with E-state index in [0.717, 1.165) is 17.5 Å². The van der Waals surface area contributed by atoms with Crippen LogP contribution >= 0.6 is 0 Å². The number of ether oxygens (including phenoxy) is 2. The van der Waals surface area contributed by atoms with E-state index < -0.39 is 10.0 Å². The van der Waals surface area contributed by atoms with Crippen LogP contribution in [0.5, 0.6) is 11.5 Å². The molecule has 0 bridgehead atoms. The van der Waals surface area contributed by atoms with E-state index in [1.807, 2.05) is 50.2 Å². The van der Waals surface area contributed by atoms with E-state index >= 15 is 0 Å². The van der Waals surface area contributed by atoms with Crippen molar-refractivity contribution in [1.82, 2.24) is 9.62 Å². The Hall–Kier alpha value is -2.58. The topological polar surface area (TPSA) is 84.9 Å². The Morgan fingerprint density at radius 3 is 2.68 bits per heavy atom. The smallest absolute Gasteiger partial charge is 0.257 e. The minimum atomic E-state index is -3.45. The van der Waals surface area contributed by atoms with Gasteiger partial charge in [-0.1, -0.05) is 36.4 Å². The number of benzene rings is 2. The molecule has 1 N–H and O–H groups in total. The van der Waals surface area contributed by atoms with Crippen molar-refractivity contribution < 1.29 is 22.7 Å². The van der Waals surface area contributed by atoms with Gasteiger partial charge in [-0.25, -0.2) is 8.42 Å². The number of para-hydroxylation sites is 1. The van der Waals surface area contributed by atoms with Crippen LogP contribution in [0.1, 0.15) is 30.5 Å². The maximum Gasteiger partial charge on any atom is 0.257 e. The van der Waals surface area contributed by atoms with Crippen molar-refractivity contribution in [2.24, 2.45) is 0 Å². The van der Waals surface area contributed by atoms with Crippen molar-refractivity contribution in [3.63, 3.8) is 0 Å². The summed E-state index contributed by atoms with van der Waals surface area (Å²) >= 11 is 0. The van der Waals surface area contributed by atoms with Crippen molar-refractivity contribution >= 4 is 15.9 Å². The van der Waals surface area contributed by atoms with Crippen molar-refractivity contribution in [3.8, 4) is 11.5 Å². The number of hydrogen-bond acceptors (Lipinski definition) is 5. The third-order valence-electron chi connectivity index (χ3n) is 5.58. The molecule has 0 saturated heterocycles. The highest BCUT2D eigenvalue weighted by Crippen LogP contribution is 2.41. The number of rotatable bonds is 7. The highest BCUT2D eigenvalue weighted by molar-refractivity contribution is 7.89. The molecule has 2 aliphatic heterocycles. The van der Waals surface area contributed by atoms with Gasteiger partial charge in [0.1, 0.15) is 5.60 Å². The van der Waals surface area contributed by atoms with Crippen LogP contribution in [0.3, 0.4) is 0 Å². The van der Waals surface area contributed by atoms with E-state index in [0.29, 0.717) is 31.0 Å². The summed E-state index contributed by atoms with van der Waals surface area (Å²) in [6.45, 7) is 4.70. The fraction of sp³-hybridized carbons (Fsp3) is 0.435. The number of nitrogens with zero attached hydrogens (tertiary/aromatic N) is 1. The molecule has 2 aliphatic rings. The predicted octanol–water partition coefficient (Wildman–Crippen LogP) is 2.28. The molecule has 2 aromatic rings. The summed E-state index contributed by atoms with van der Waals surface area (Å²) in [5.74, 6) is 0.694. The highest BCUT2D eigenvalue weighted by atomic mass is 32.2. The largest absolute Gasteiger partial charge is 0.483 e. The van der Waals surface area contributed by atoms with Gasteiger partial charge in [0, 0.05) is 31.6 Å². The van der Waals surface area contributed by atoms with Gasteiger partial charge in [-0.05, 0) is 37.5 Å². The Kier molecular flexibility index (Phi) is 5.94. The first-order chi connectivity index (χ1) is 14.7. The predicted molar refractivity (Wildman–Crippen MR) is 118 cm³/mol. The number of nitrogens with one attached hydrogen (secondary N) is 1. The standard InChI is InChI=1S/C23H28N2O5S/c1-23(2)14-18-8-5-9-20(22(18)30-23)29-16-21(26)24-11-13-31(27,28)25-12-10-17-6-3-4-7-19(17)15-25/h3-9H,10-16H2,1-2H3,(H,24,26). The first-order valence-electron chi connectivity index (χ1n) is 10.5. The summed E-state index contributed by atoms with van der Waals surface area (Å²) in [6.07, 6.45) is 1.49. The highest BCUT2D eigenvalue weighted by Gasteiger charge is 2.32. The van der Waals surface area contributed by atoms with Crippen LogP contribution in [0.2, 0.25) is 0 Å². The fourth-order valence-corrected chi connectivity index (χ4v) is 5.37. The Labute approximate surface area is 183 Å². The molecule has 7 nitrogen and oxygen atoms in total. The van der Waals surface area contributed by atoms with Crippen molar-refractivity contribution in [2.45, 2.75) is 38.8 Å². The Balaban J connectivity index is 1.25. The van der Waals surface area contributed by atoms with Crippen molar-refractivity contribution in [2.75, 3.05) is 25.4 Å². The van der Waals surface area contributed by atoms with Crippen molar-refractivity contribution in [3.05, 3.63) is 59.2 Å². The second-order valence-electron chi connectivity index (χ2n) is 8.59. The molecule has 0 radical (unpaired) electrons. The maximum absolute atomic E-state index is 12.7. The molecule has 0 unspecified atom stereocenters. The molecule has 8 heteroatoms. The van der Waals surface area contributed by atoms with Gasteiger partial charge in [0.25, 0.3) is 5.91 Å². The molecule has 2 heterocycles. The molecule has 1 amide bonds. The summed E-state index contributed by atoms with van der Waals surface area (Å²) in [6, 6.07) is 13.5. The van der Waals surface area contributed by atoms with Crippen LogP contribution < -0.4 is 14.8 Å². The number of carbonyl (C=O) groups is 1. The van der Waals surface area contributed by atoms with E-state index in [1.165, 1.54) is 9.87 Å². The molecule has 2 aromatic carbocycles. The molecule has 0 aliphatic carbocycles. The van der Waals surface area contributed by atoms with E-state index in [4.69, 9.17) is 9.47 Å². The minimum absolute atomic E-state index is 0.0408. The van der Waals surface area contributed by atoms with Crippen LogP contribution in [0, 0.1) is 0 Å². The molecular weight excluding hydrogens is 416 g/mol. The lowest BCUT2D eigenvalue weighted by atomic mass is 10.0. The molecular formula is C23H28N2O5S. The second kappa shape index (κ2) is 8.51. The molecule has 31 heavy (non-hydrogen) atoms. The molecule has 166 valence electrons. The monoisotopic (exact) mass is 444 g/mol. The lowest BCUT2D eigenvalue weighted by molar-refractivity contribution is -0.122. The summed E-state index contributed by atoms with van der Waals surface area (Å²) in [5.41, 5.74) is 2.99. The number of fused-ring (bicyclic) bond motifs is 2. The van der Waals surface area contributed by atoms with Crippen LogP contribution in [0.4, 0.5) is 0 Å². The maximum atomic E-state index is 12.7. The van der Waals surface area contributed by atoms with E-state index in [9.17, 15) is 13.2 Å². The zero-order chi connectivity index (χ0) is 22.1. The van der Waals surface area contributed by atoms with E-state index in [1.54, 1.807) is 6.07 Å². The minimum Gasteiger partial charge on any atom is -0.483 e. The van der Waals surface area contributed by atoms with Gasteiger partial charge in [-0.3, -0.25) is 4.79 Å². The van der Waals surface area contributed by atoms with Gasteiger partial charge in [0.2, 0.25) is 10.0 Å². The van der Waals surface area contributed by atoms with Crippen LogP contribution in [0.25, 0.3) is 0 Å². The lowest BCUT2D eigenvalue weighted by Gasteiger charge is -2.28. The molecule has 0 saturated carbocycles. The van der Waals surface area contributed by atoms with Crippen molar-refractivity contribution in [1.29, 1.82) is 0 Å². The van der Waals surface area contributed by atoms with Gasteiger partial charge in [-0.2, -0.15) is 4.31 Å². The zero-order valence-corrected chi connectivity index (χ0v) is 18.7. The lowest BCUT2D eigenvalue weighted by Crippen LogP contribution is -2.41. The second-order valence-corrected chi connectivity index (χ2v) is 10.7. The average molecular weight is 445 g/mol. The molecule has 0 spiro atoms. The van der Waals surface area contributed by atoms with Gasteiger partial charge in [-0.15, -0.1) is 0 Å². The third-order valence-corrected chi connectivity index (χ3v) is 7.40. The first-order valence-corrected chi connectivity index (χ1v) is 12.1. The quantitative estimate of drug-likeness (QED) is 0.708. The number of sulfonamides is 1. The van der Waals surface area contributed by atoms with Crippen LogP contribution in [-0.2, 0) is 34.2 Å². The number of amides is 1. The third kappa shape index (κ3) is 5.02. The Morgan fingerprint density at radius 2 is 1.87 bits per heavy atom. The summed E-state index contributed by atoms with van der Waals surface area (Å²) in [5, 5.41) is 2.64. The summed E-state index contributed by atoms with van der Waals surface area (Å²) in [4.78, 5) is 12.2. The van der Waals surface area contributed by atoms with E-state index in [-0.39, 0.29) is 30.4 Å². The number of hydrogen-bond donors (Lipinski definition) is 1. The van der Waals surface area contributed by atoms with Crippen LogP contribution in [-0.4, -0.2) is 49.7 Å². The average Bonchev–Trinajstić information content (AvgIpc) is 3.06. The van der Waals surface area contributed by atoms with Gasteiger partial charge in [0.05, 0.1) is 5.75 Å². The van der Waals surface area contributed by atoms with Crippen LogP contribution in [0.15, 0.2) is 42.5 Å². The molecule has 0 aromatic heterocycles. The molecule has 0 fully saturated rings. The first kappa shape index (κ1) is 21.6. The zero-order valence-electron chi connectivity index (χ0n) is 17.9. The summed E-state index contributed by atoms with van der Waals surface area (Å²) < 4.78 is 38.4. The molecule has 4 rings (SSSR count). The Morgan fingerprint density at radius 1 is 1.13 bits per heavy atom. The van der Waals surface area contributed by atoms with Gasteiger partial charge in [0.15, 0.2) is 18.1 Å².